The van der Waals surface area contributed by atoms with E-state index in [2.05, 4.69) is 30.0 Å². The van der Waals surface area contributed by atoms with E-state index in [1.165, 1.54) is 18.9 Å². The highest BCUT2D eigenvalue weighted by atomic mass is 32.2. The summed E-state index contributed by atoms with van der Waals surface area (Å²) < 4.78 is 1.61. The van der Waals surface area contributed by atoms with Crippen molar-refractivity contribution in [3.05, 3.63) is 23.8 Å². The standard InChI is InChI=1S/C18H28N4O2S/c1-5-20(6-2)16-9-10-17(14(3)13-16)22(15(4)23)25-18(19-24)21-11-7-8-12-21/h9-10,13,24H,5-8,11-12H2,1-4H3/b19-18+. The Labute approximate surface area is 154 Å². The van der Waals surface area contributed by atoms with Gasteiger partial charge in [0.15, 0.2) is 0 Å². The number of aryl methyl sites for hydroxylation is 1. The maximum Gasteiger partial charge on any atom is 0.234 e. The summed E-state index contributed by atoms with van der Waals surface area (Å²) in [7, 11) is 0. The lowest BCUT2D eigenvalue weighted by molar-refractivity contribution is -0.115. The number of carbonyl (C=O) groups is 1. The van der Waals surface area contributed by atoms with Crippen LogP contribution >= 0.6 is 11.9 Å². The summed E-state index contributed by atoms with van der Waals surface area (Å²) in [5.74, 6) is -0.0935. The van der Waals surface area contributed by atoms with Crippen LogP contribution in [0, 0.1) is 6.92 Å². The number of hydrogen-bond acceptors (Lipinski definition) is 5. The number of benzene rings is 1. The quantitative estimate of drug-likeness (QED) is 0.290. The van der Waals surface area contributed by atoms with Crippen LogP contribution in [0.5, 0.6) is 0 Å². The molecule has 138 valence electrons. The van der Waals surface area contributed by atoms with Gasteiger partial charge in [0.1, 0.15) is 0 Å². The number of oxime groups is 1. The van der Waals surface area contributed by atoms with Crippen LogP contribution in [-0.4, -0.2) is 47.4 Å². The molecule has 1 aliphatic heterocycles. The number of carbonyl (C=O) groups excluding carboxylic acids is 1. The average molecular weight is 365 g/mol. The number of amides is 1. The predicted molar refractivity (Wildman–Crippen MR) is 106 cm³/mol. The van der Waals surface area contributed by atoms with E-state index < -0.39 is 0 Å². The first-order valence-electron chi connectivity index (χ1n) is 8.83. The normalized spacial score (nSPS) is 14.7. The zero-order valence-corrected chi connectivity index (χ0v) is 16.3. The van der Waals surface area contributed by atoms with Gasteiger partial charge in [-0.2, -0.15) is 0 Å². The van der Waals surface area contributed by atoms with Gasteiger partial charge in [0.05, 0.1) is 5.69 Å². The lowest BCUT2D eigenvalue weighted by Gasteiger charge is -2.27. The van der Waals surface area contributed by atoms with Crippen molar-refractivity contribution < 1.29 is 10.0 Å². The third-order valence-electron chi connectivity index (χ3n) is 4.45. The molecule has 1 aromatic carbocycles. The molecule has 0 atom stereocenters. The molecule has 2 rings (SSSR count). The van der Waals surface area contributed by atoms with Gasteiger partial charge in [-0.25, -0.2) is 4.31 Å². The highest BCUT2D eigenvalue weighted by Gasteiger charge is 2.24. The van der Waals surface area contributed by atoms with Crippen molar-refractivity contribution in [2.24, 2.45) is 5.16 Å². The summed E-state index contributed by atoms with van der Waals surface area (Å²) in [6, 6.07) is 6.11. The molecular formula is C18H28N4O2S. The van der Waals surface area contributed by atoms with Crippen molar-refractivity contribution in [2.45, 2.75) is 40.5 Å². The molecule has 1 saturated heterocycles. The van der Waals surface area contributed by atoms with Gasteiger partial charge in [-0.3, -0.25) is 4.79 Å². The van der Waals surface area contributed by atoms with E-state index in [0.29, 0.717) is 5.17 Å². The minimum Gasteiger partial charge on any atom is -0.409 e. The number of amidine groups is 1. The average Bonchev–Trinajstić information content (AvgIpc) is 3.12. The Hall–Kier alpha value is -1.89. The molecule has 1 amide bonds. The zero-order valence-electron chi connectivity index (χ0n) is 15.5. The van der Waals surface area contributed by atoms with E-state index >= 15 is 0 Å². The predicted octanol–water partition coefficient (Wildman–Crippen LogP) is 3.68. The third kappa shape index (κ3) is 4.60. The largest absolute Gasteiger partial charge is 0.409 e. The van der Waals surface area contributed by atoms with Crippen LogP contribution in [0.3, 0.4) is 0 Å². The second kappa shape index (κ2) is 8.99. The zero-order chi connectivity index (χ0) is 18.4. The first kappa shape index (κ1) is 19.4. The van der Waals surface area contributed by atoms with Crippen LogP contribution in [-0.2, 0) is 4.79 Å². The Morgan fingerprint density at radius 3 is 2.40 bits per heavy atom. The van der Waals surface area contributed by atoms with Crippen LogP contribution in [0.2, 0.25) is 0 Å². The van der Waals surface area contributed by atoms with Gasteiger partial charge in [0, 0.05) is 50.7 Å². The summed E-state index contributed by atoms with van der Waals surface area (Å²) in [6.45, 7) is 11.4. The molecule has 1 aromatic rings. The molecule has 1 fully saturated rings. The summed E-state index contributed by atoms with van der Waals surface area (Å²) >= 11 is 1.18. The Morgan fingerprint density at radius 1 is 1.28 bits per heavy atom. The Morgan fingerprint density at radius 2 is 1.92 bits per heavy atom. The van der Waals surface area contributed by atoms with Crippen molar-refractivity contribution in [3.8, 4) is 0 Å². The van der Waals surface area contributed by atoms with Crippen molar-refractivity contribution in [1.82, 2.24) is 4.90 Å². The highest BCUT2D eigenvalue weighted by molar-refractivity contribution is 8.15. The van der Waals surface area contributed by atoms with E-state index in [4.69, 9.17) is 0 Å². The van der Waals surface area contributed by atoms with Crippen LogP contribution < -0.4 is 9.21 Å². The van der Waals surface area contributed by atoms with Crippen molar-refractivity contribution in [3.63, 3.8) is 0 Å². The molecule has 25 heavy (non-hydrogen) atoms. The molecule has 6 nitrogen and oxygen atoms in total. The number of nitrogens with zero attached hydrogens (tertiary/aromatic N) is 4. The molecule has 0 spiro atoms. The van der Waals surface area contributed by atoms with Gasteiger partial charge >= 0.3 is 0 Å². The summed E-state index contributed by atoms with van der Waals surface area (Å²) in [5, 5.41) is 13.3. The maximum atomic E-state index is 12.2. The molecular weight excluding hydrogens is 336 g/mol. The van der Waals surface area contributed by atoms with E-state index in [1.54, 1.807) is 4.31 Å². The SMILES string of the molecule is CCN(CC)c1ccc(N(S/C(=N/O)N2CCCC2)C(C)=O)c(C)c1. The molecule has 1 heterocycles. The monoisotopic (exact) mass is 364 g/mol. The first-order valence-corrected chi connectivity index (χ1v) is 9.60. The fourth-order valence-corrected chi connectivity index (χ4v) is 3.99. The number of rotatable bonds is 4. The van der Waals surface area contributed by atoms with Crippen LogP contribution in [0.1, 0.15) is 39.2 Å². The molecule has 0 aliphatic carbocycles. The number of likely N-dealkylation sites (tertiary alicyclic amines) is 1. The Bertz CT molecular complexity index is 626. The maximum absolute atomic E-state index is 12.2. The minimum atomic E-state index is -0.0935. The van der Waals surface area contributed by atoms with Crippen LogP contribution in [0.15, 0.2) is 23.4 Å². The molecule has 7 heteroatoms. The molecule has 0 aromatic heterocycles. The van der Waals surface area contributed by atoms with E-state index in [-0.39, 0.29) is 5.91 Å². The van der Waals surface area contributed by atoms with Gasteiger partial charge in [-0.15, -0.1) is 0 Å². The summed E-state index contributed by atoms with van der Waals surface area (Å²) in [6.07, 6.45) is 2.16. The van der Waals surface area contributed by atoms with Gasteiger partial charge in [-0.1, -0.05) is 5.16 Å². The van der Waals surface area contributed by atoms with Gasteiger partial charge < -0.3 is 15.0 Å². The molecule has 1 N–H and O–H groups in total. The Balaban J connectivity index is 2.26. The second-order valence-electron chi connectivity index (χ2n) is 6.12. The van der Waals surface area contributed by atoms with E-state index in [1.807, 2.05) is 24.0 Å². The highest BCUT2D eigenvalue weighted by Crippen LogP contribution is 2.31. The molecule has 0 saturated carbocycles. The number of anilines is 2. The molecule has 0 unspecified atom stereocenters. The minimum absolute atomic E-state index is 0.0935. The smallest absolute Gasteiger partial charge is 0.234 e. The second-order valence-corrected chi connectivity index (χ2v) is 7.04. The molecule has 0 radical (unpaired) electrons. The topological polar surface area (TPSA) is 59.4 Å². The number of hydrogen-bond donors (Lipinski definition) is 1. The van der Waals surface area contributed by atoms with Crippen LogP contribution in [0.4, 0.5) is 11.4 Å². The van der Waals surface area contributed by atoms with Crippen molar-refractivity contribution in [1.29, 1.82) is 0 Å². The lowest BCUT2D eigenvalue weighted by atomic mass is 10.1. The summed E-state index contributed by atoms with van der Waals surface area (Å²) in [5.41, 5.74) is 3.00. The summed E-state index contributed by atoms with van der Waals surface area (Å²) in [4.78, 5) is 16.5. The van der Waals surface area contributed by atoms with Gasteiger partial charge in [-0.05, 0) is 57.4 Å². The van der Waals surface area contributed by atoms with Gasteiger partial charge in [0.2, 0.25) is 11.1 Å². The Kier molecular flexibility index (Phi) is 6.99. The van der Waals surface area contributed by atoms with Gasteiger partial charge in [0.25, 0.3) is 0 Å². The first-order chi connectivity index (χ1) is 12.0. The van der Waals surface area contributed by atoms with E-state index in [0.717, 1.165) is 56.0 Å². The fraction of sp³-hybridized carbons (Fsp3) is 0.556. The fourth-order valence-electron chi connectivity index (χ4n) is 3.07. The van der Waals surface area contributed by atoms with Crippen LogP contribution in [0.25, 0.3) is 0 Å². The van der Waals surface area contributed by atoms with Crippen molar-refractivity contribution >= 4 is 34.4 Å². The molecule has 0 bridgehead atoms. The lowest BCUT2D eigenvalue weighted by Crippen LogP contribution is -2.32. The molecule has 1 aliphatic rings. The van der Waals surface area contributed by atoms with Crippen molar-refractivity contribution in [2.75, 3.05) is 35.4 Å². The van der Waals surface area contributed by atoms with E-state index in [9.17, 15) is 10.0 Å². The third-order valence-corrected chi connectivity index (χ3v) is 5.59.